The summed E-state index contributed by atoms with van der Waals surface area (Å²) in [4.78, 5) is 32.7. The first-order valence-electron chi connectivity index (χ1n) is 13.1. The van der Waals surface area contributed by atoms with Crippen molar-refractivity contribution >= 4 is 47.4 Å². The molecule has 2 amide bonds. The van der Waals surface area contributed by atoms with E-state index in [0.717, 1.165) is 31.2 Å². The molecule has 0 spiro atoms. The summed E-state index contributed by atoms with van der Waals surface area (Å²) in [6, 6.07) is 10.1. The number of aromatic nitrogens is 2. The van der Waals surface area contributed by atoms with Crippen LogP contribution in [0.5, 0.6) is 5.75 Å². The number of hydrazine groups is 1. The summed E-state index contributed by atoms with van der Waals surface area (Å²) in [6.45, 7) is 0.528. The maximum atomic E-state index is 13.0. The fraction of sp³-hybridized carbons (Fsp3) is 0.286. The molecule has 3 aromatic rings. The van der Waals surface area contributed by atoms with E-state index >= 15 is 0 Å². The van der Waals surface area contributed by atoms with Gasteiger partial charge in [-0.1, -0.05) is 30.9 Å². The van der Waals surface area contributed by atoms with Crippen LogP contribution in [-0.2, 0) is 9.53 Å². The Hall–Kier alpha value is -4.55. The van der Waals surface area contributed by atoms with Gasteiger partial charge in [0, 0.05) is 40.2 Å². The van der Waals surface area contributed by atoms with Crippen LogP contribution in [0, 0.1) is 0 Å². The van der Waals surface area contributed by atoms with Crippen LogP contribution >= 0.6 is 11.6 Å². The zero-order valence-corrected chi connectivity index (χ0v) is 23.4. The normalized spacial score (nSPS) is 15.6. The lowest BCUT2D eigenvalue weighted by atomic mass is 10.1. The van der Waals surface area contributed by atoms with Crippen LogP contribution in [0.1, 0.15) is 49.5 Å². The highest BCUT2D eigenvalue weighted by molar-refractivity contribution is 6.30. The Morgan fingerprint density at radius 1 is 1.22 bits per heavy atom. The molecule has 0 saturated heterocycles. The predicted molar refractivity (Wildman–Crippen MR) is 159 cm³/mol. The molecule has 1 atom stereocenters. The maximum absolute atomic E-state index is 13.0. The number of H-pyrrole nitrogens is 1. The number of halogens is 1. The third-order valence-corrected chi connectivity index (χ3v) is 6.69. The molecule has 0 aliphatic carbocycles. The van der Waals surface area contributed by atoms with Gasteiger partial charge in [-0.05, 0) is 49.2 Å². The molecule has 1 aliphatic heterocycles. The maximum Gasteiger partial charge on any atom is 0.411 e. The van der Waals surface area contributed by atoms with Crippen LogP contribution < -0.4 is 32.1 Å². The Morgan fingerprint density at radius 2 is 2.05 bits per heavy atom. The number of nitrogens with zero attached hydrogens (tertiary/aromatic N) is 3. The highest BCUT2D eigenvalue weighted by atomic mass is 35.5. The molecule has 7 N–H and O–H groups in total. The number of carbonyl (C=O) groups excluding carboxylic acids is 2. The van der Waals surface area contributed by atoms with Crippen molar-refractivity contribution in [3.8, 4) is 17.0 Å². The Bertz CT molecular complexity index is 1420. The summed E-state index contributed by atoms with van der Waals surface area (Å²) >= 11 is 6.17. The average Bonchev–Trinajstić information content (AvgIpc) is 3.45. The van der Waals surface area contributed by atoms with Gasteiger partial charge in [0.1, 0.15) is 17.9 Å². The molecule has 0 unspecified atom stereocenters. The standard InChI is InChI=1S/C28H33ClN8O4/c1-40-28(39)34-20-9-10-21-23-16-32-27(36-23)22(6-4-2-3-5-13-41-25(21)15-20)35-26(38)12-7-18-14-19(29)8-11-24(18)37(31)17-33-30/h7-12,14-17,22H,2-6,13,30-31H2,1H3,(H,32,36)(H,34,39)(H,35,38)/b12-7+,33-17-/t22-/m0/s1. The number of nitrogens with two attached hydrogens (primary N) is 2. The second kappa shape index (κ2) is 14.2. The molecule has 2 bridgehead atoms. The topological polar surface area (TPSA) is 173 Å². The highest BCUT2D eigenvalue weighted by Crippen LogP contribution is 2.33. The third-order valence-electron chi connectivity index (χ3n) is 6.45. The molecule has 216 valence electrons. The summed E-state index contributed by atoms with van der Waals surface area (Å²) in [5.74, 6) is 12.1. The predicted octanol–water partition coefficient (Wildman–Crippen LogP) is 4.70. The van der Waals surface area contributed by atoms with Crippen molar-refractivity contribution < 1.29 is 19.1 Å². The second-order valence-electron chi connectivity index (χ2n) is 9.32. The number of imidazole rings is 1. The molecule has 4 rings (SSSR count). The number of hydrazone groups is 1. The van der Waals surface area contributed by atoms with Gasteiger partial charge in [-0.2, -0.15) is 5.10 Å². The first-order valence-corrected chi connectivity index (χ1v) is 13.5. The van der Waals surface area contributed by atoms with Gasteiger partial charge in [0.2, 0.25) is 5.91 Å². The van der Waals surface area contributed by atoms with E-state index in [1.807, 2.05) is 6.07 Å². The SMILES string of the molecule is COC(=O)Nc1ccc2c(c1)OCCCCCC[C@H](NC(=O)/C=C/c1cc(Cl)ccc1N(N)/C=N\N)c1nc-2c[nH]1. The van der Waals surface area contributed by atoms with Crippen LogP contribution in [0.15, 0.2) is 53.8 Å². The Morgan fingerprint density at radius 3 is 2.85 bits per heavy atom. The van der Waals surface area contributed by atoms with Crippen molar-refractivity contribution in [3.05, 3.63) is 65.1 Å². The lowest BCUT2D eigenvalue weighted by Gasteiger charge is -2.17. The molecule has 1 aromatic heterocycles. The molecule has 0 radical (unpaired) electrons. The van der Waals surface area contributed by atoms with E-state index in [1.165, 1.54) is 24.5 Å². The monoisotopic (exact) mass is 580 g/mol. The summed E-state index contributed by atoms with van der Waals surface area (Å²) in [7, 11) is 1.31. The van der Waals surface area contributed by atoms with Crippen LogP contribution in [0.3, 0.4) is 0 Å². The second-order valence-corrected chi connectivity index (χ2v) is 9.76. The molecule has 2 heterocycles. The summed E-state index contributed by atoms with van der Waals surface area (Å²) in [5.41, 5.74) is 3.14. The van der Waals surface area contributed by atoms with E-state index in [9.17, 15) is 9.59 Å². The van der Waals surface area contributed by atoms with Crippen molar-refractivity contribution in [1.82, 2.24) is 15.3 Å². The minimum absolute atomic E-state index is 0.304. The highest BCUT2D eigenvalue weighted by Gasteiger charge is 2.20. The number of hydrogen-bond acceptors (Lipinski definition) is 8. The van der Waals surface area contributed by atoms with Crippen molar-refractivity contribution in [3.63, 3.8) is 0 Å². The van der Waals surface area contributed by atoms with E-state index in [-0.39, 0.29) is 11.9 Å². The number of ether oxygens (including phenoxy) is 2. The molecular formula is C28H33ClN8O4. The minimum Gasteiger partial charge on any atom is -0.493 e. The zero-order valence-electron chi connectivity index (χ0n) is 22.6. The van der Waals surface area contributed by atoms with E-state index in [1.54, 1.807) is 42.6 Å². The Balaban J connectivity index is 1.56. The summed E-state index contributed by atoms with van der Waals surface area (Å²) < 4.78 is 10.8. The first kappa shape index (κ1) is 29.4. The van der Waals surface area contributed by atoms with Crippen molar-refractivity contribution in [2.75, 3.05) is 24.0 Å². The number of nitrogens with one attached hydrogen (secondary N) is 3. The van der Waals surface area contributed by atoms with Gasteiger partial charge >= 0.3 is 6.09 Å². The molecule has 41 heavy (non-hydrogen) atoms. The van der Waals surface area contributed by atoms with Gasteiger partial charge in [0.15, 0.2) is 0 Å². The molecule has 12 nitrogen and oxygen atoms in total. The molecule has 13 heteroatoms. The molecular weight excluding hydrogens is 548 g/mol. The fourth-order valence-electron chi connectivity index (χ4n) is 4.43. The van der Waals surface area contributed by atoms with Gasteiger partial charge < -0.3 is 25.6 Å². The van der Waals surface area contributed by atoms with Crippen molar-refractivity contribution in [1.29, 1.82) is 0 Å². The fourth-order valence-corrected chi connectivity index (χ4v) is 4.61. The van der Waals surface area contributed by atoms with E-state index in [0.29, 0.717) is 52.3 Å². The number of methoxy groups -OCH3 is 1. The molecule has 1 aliphatic rings. The lowest BCUT2D eigenvalue weighted by molar-refractivity contribution is -0.117. The van der Waals surface area contributed by atoms with Gasteiger partial charge in [0.25, 0.3) is 0 Å². The summed E-state index contributed by atoms with van der Waals surface area (Å²) in [6.07, 6.45) is 9.91. The van der Waals surface area contributed by atoms with Crippen LogP contribution in [0.25, 0.3) is 17.3 Å². The summed E-state index contributed by atoms with van der Waals surface area (Å²) in [5, 5.41) is 10.9. The van der Waals surface area contributed by atoms with Crippen LogP contribution in [-0.4, -0.2) is 42.0 Å². The number of anilines is 2. The molecule has 2 aromatic carbocycles. The van der Waals surface area contributed by atoms with Gasteiger partial charge in [0.05, 0.1) is 31.1 Å². The molecule has 0 fully saturated rings. The Kier molecular flexibility index (Phi) is 10.2. The number of amides is 2. The zero-order chi connectivity index (χ0) is 29.2. The lowest BCUT2D eigenvalue weighted by Crippen LogP contribution is -2.30. The number of benzene rings is 2. The van der Waals surface area contributed by atoms with Gasteiger partial charge in [-0.15, -0.1) is 0 Å². The number of hydrogen-bond donors (Lipinski definition) is 5. The number of fused-ring (bicyclic) bond motifs is 4. The van der Waals surface area contributed by atoms with Crippen LogP contribution in [0.4, 0.5) is 16.2 Å². The smallest absolute Gasteiger partial charge is 0.411 e. The third kappa shape index (κ3) is 7.99. The van der Waals surface area contributed by atoms with E-state index in [2.05, 4.69) is 20.7 Å². The number of aromatic amines is 1. The number of rotatable bonds is 6. The average molecular weight is 581 g/mol. The van der Waals surface area contributed by atoms with Gasteiger partial charge in [-0.25, -0.2) is 15.6 Å². The Labute approximate surface area is 242 Å². The van der Waals surface area contributed by atoms with Crippen molar-refractivity contribution in [2.45, 2.75) is 38.1 Å². The minimum atomic E-state index is -0.569. The van der Waals surface area contributed by atoms with E-state index < -0.39 is 6.09 Å². The van der Waals surface area contributed by atoms with Gasteiger partial charge in [-0.3, -0.25) is 15.1 Å². The van der Waals surface area contributed by atoms with Crippen LogP contribution in [0.2, 0.25) is 5.02 Å². The van der Waals surface area contributed by atoms with E-state index in [4.69, 9.17) is 37.7 Å². The number of carbonyl (C=O) groups is 2. The quantitative estimate of drug-likeness (QED) is 0.0916. The largest absolute Gasteiger partial charge is 0.493 e. The molecule has 0 saturated carbocycles. The first-order chi connectivity index (χ1) is 19.9. The van der Waals surface area contributed by atoms with Crippen molar-refractivity contribution in [2.24, 2.45) is 16.8 Å².